The molecule has 0 saturated carbocycles. The van der Waals surface area contributed by atoms with Gasteiger partial charge in [0, 0.05) is 12.0 Å². The summed E-state index contributed by atoms with van der Waals surface area (Å²) in [6, 6.07) is 21.8. The van der Waals surface area contributed by atoms with E-state index in [9.17, 15) is 9.90 Å². The third kappa shape index (κ3) is 3.21. The Bertz CT molecular complexity index is 1180. The van der Waals surface area contributed by atoms with Crippen molar-refractivity contribution in [2.24, 2.45) is 0 Å². The van der Waals surface area contributed by atoms with Crippen LogP contribution in [0.2, 0.25) is 0 Å². The summed E-state index contributed by atoms with van der Waals surface area (Å²) in [6.07, 6.45) is 0.310. The number of benzene rings is 3. The number of methoxy groups -OCH3 is 1. The van der Waals surface area contributed by atoms with Crippen molar-refractivity contribution in [2.75, 3.05) is 13.9 Å². The fourth-order valence-electron chi connectivity index (χ4n) is 4.03. The second kappa shape index (κ2) is 7.49. The van der Waals surface area contributed by atoms with Gasteiger partial charge in [0.1, 0.15) is 5.75 Å². The van der Waals surface area contributed by atoms with Gasteiger partial charge in [0.25, 0.3) is 5.79 Å². The number of fused-ring (bicyclic) bond motifs is 1. The highest BCUT2D eigenvalue weighted by molar-refractivity contribution is 6.20. The highest BCUT2D eigenvalue weighted by atomic mass is 16.7. The van der Waals surface area contributed by atoms with Gasteiger partial charge < -0.3 is 24.1 Å². The summed E-state index contributed by atoms with van der Waals surface area (Å²) in [6.45, 7) is 0.129. The van der Waals surface area contributed by atoms with E-state index in [4.69, 9.17) is 18.9 Å². The minimum atomic E-state index is -1.97. The van der Waals surface area contributed by atoms with Crippen LogP contribution in [-0.4, -0.2) is 25.0 Å². The molecule has 0 bridgehead atoms. The standard InChI is InChI=1S/C25H20O6/c1-28-20-10-6-5-9-18(20)25(27)19(13-16-7-3-2-4-8-16)23(24(26)31-25)17-11-12-21-22(14-17)30-15-29-21/h2-12,14,27H,13,15H2,1H3. The van der Waals surface area contributed by atoms with E-state index in [2.05, 4.69) is 0 Å². The van der Waals surface area contributed by atoms with Crippen molar-refractivity contribution in [2.45, 2.75) is 12.2 Å². The average molecular weight is 416 g/mol. The van der Waals surface area contributed by atoms with Crippen molar-refractivity contribution >= 4 is 11.5 Å². The predicted molar refractivity (Wildman–Crippen MR) is 113 cm³/mol. The molecule has 1 unspecified atom stereocenters. The lowest BCUT2D eigenvalue weighted by atomic mass is 9.87. The Kier molecular flexibility index (Phi) is 4.64. The normalized spacial score (nSPS) is 19.5. The first-order chi connectivity index (χ1) is 15.1. The van der Waals surface area contributed by atoms with Gasteiger partial charge in [0.05, 0.1) is 18.2 Å². The van der Waals surface area contributed by atoms with Crippen molar-refractivity contribution in [1.82, 2.24) is 0 Å². The number of hydrogen-bond acceptors (Lipinski definition) is 6. The van der Waals surface area contributed by atoms with Gasteiger partial charge in [-0.25, -0.2) is 4.79 Å². The molecule has 1 N–H and O–H groups in total. The van der Waals surface area contributed by atoms with Crippen molar-refractivity contribution < 1.29 is 28.8 Å². The highest BCUT2D eigenvalue weighted by Crippen LogP contribution is 2.48. The molecule has 0 fully saturated rings. The first-order valence-electron chi connectivity index (χ1n) is 9.87. The molecule has 5 rings (SSSR count). The molecule has 0 spiro atoms. The van der Waals surface area contributed by atoms with E-state index in [0.717, 1.165) is 5.56 Å². The number of carbonyl (C=O) groups is 1. The SMILES string of the molecule is COc1ccccc1C1(O)OC(=O)C(c2ccc3c(c2)OCO3)=C1Cc1ccccc1. The van der Waals surface area contributed by atoms with Crippen LogP contribution in [0.4, 0.5) is 0 Å². The minimum Gasteiger partial charge on any atom is -0.496 e. The summed E-state index contributed by atoms with van der Waals surface area (Å²) in [5.74, 6) is -0.996. The molecule has 6 heteroatoms. The van der Waals surface area contributed by atoms with Gasteiger partial charge in [-0.15, -0.1) is 0 Å². The zero-order chi connectivity index (χ0) is 21.4. The van der Waals surface area contributed by atoms with Crippen LogP contribution in [0.25, 0.3) is 5.57 Å². The molecule has 3 aromatic rings. The fourth-order valence-corrected chi connectivity index (χ4v) is 4.03. The molecule has 31 heavy (non-hydrogen) atoms. The number of aliphatic hydroxyl groups is 1. The summed E-state index contributed by atoms with van der Waals surface area (Å²) >= 11 is 0. The third-order valence-electron chi connectivity index (χ3n) is 5.51. The van der Waals surface area contributed by atoms with E-state index in [1.54, 1.807) is 42.5 Å². The van der Waals surface area contributed by atoms with Gasteiger partial charge in [0.15, 0.2) is 11.5 Å². The molecular weight excluding hydrogens is 396 g/mol. The van der Waals surface area contributed by atoms with Crippen molar-refractivity contribution in [3.05, 3.63) is 95.1 Å². The van der Waals surface area contributed by atoms with Gasteiger partial charge in [-0.3, -0.25) is 0 Å². The maximum Gasteiger partial charge on any atom is 0.342 e. The molecule has 2 aliphatic rings. The maximum absolute atomic E-state index is 13.1. The second-order valence-corrected chi connectivity index (χ2v) is 7.32. The van der Waals surface area contributed by atoms with Crippen LogP contribution in [0.15, 0.2) is 78.4 Å². The second-order valence-electron chi connectivity index (χ2n) is 7.32. The lowest BCUT2D eigenvalue weighted by Crippen LogP contribution is -2.30. The van der Waals surface area contributed by atoms with E-state index in [1.165, 1.54) is 7.11 Å². The third-order valence-corrected chi connectivity index (χ3v) is 5.51. The Hall–Kier alpha value is -3.77. The van der Waals surface area contributed by atoms with Crippen molar-refractivity contribution in [3.63, 3.8) is 0 Å². The average Bonchev–Trinajstić information content (AvgIpc) is 3.36. The lowest BCUT2D eigenvalue weighted by molar-refractivity contribution is -0.185. The fraction of sp³-hybridized carbons (Fsp3) is 0.160. The topological polar surface area (TPSA) is 74.2 Å². The predicted octanol–water partition coefficient (Wildman–Crippen LogP) is 3.82. The van der Waals surface area contributed by atoms with Crippen LogP contribution in [0, 0.1) is 0 Å². The van der Waals surface area contributed by atoms with Crippen LogP contribution in [0.5, 0.6) is 17.2 Å². The van der Waals surface area contributed by atoms with Gasteiger partial charge >= 0.3 is 5.97 Å². The van der Waals surface area contributed by atoms with E-state index in [0.29, 0.717) is 45.9 Å². The van der Waals surface area contributed by atoms with Crippen LogP contribution >= 0.6 is 0 Å². The van der Waals surface area contributed by atoms with E-state index < -0.39 is 11.8 Å². The highest BCUT2D eigenvalue weighted by Gasteiger charge is 2.49. The quantitative estimate of drug-likeness (QED) is 0.638. The number of cyclic esters (lactones) is 1. The summed E-state index contributed by atoms with van der Waals surface area (Å²) in [4.78, 5) is 13.1. The Morgan fingerprint density at radius 2 is 1.71 bits per heavy atom. The Morgan fingerprint density at radius 1 is 0.968 bits per heavy atom. The van der Waals surface area contributed by atoms with Crippen molar-refractivity contribution in [3.8, 4) is 17.2 Å². The Morgan fingerprint density at radius 3 is 2.52 bits per heavy atom. The van der Waals surface area contributed by atoms with Gasteiger partial charge in [-0.1, -0.05) is 48.5 Å². The van der Waals surface area contributed by atoms with Crippen molar-refractivity contribution in [1.29, 1.82) is 0 Å². The van der Waals surface area contributed by atoms with Gasteiger partial charge in [0.2, 0.25) is 6.79 Å². The molecule has 6 nitrogen and oxygen atoms in total. The summed E-state index contributed by atoms with van der Waals surface area (Å²) in [5.41, 5.74) is 2.63. The molecule has 0 aromatic heterocycles. The first-order valence-corrected chi connectivity index (χ1v) is 9.87. The molecule has 0 radical (unpaired) electrons. The number of hydrogen-bond donors (Lipinski definition) is 1. The molecular formula is C25H20O6. The van der Waals surface area contributed by atoms with E-state index in [-0.39, 0.29) is 6.79 Å². The van der Waals surface area contributed by atoms with Crippen LogP contribution < -0.4 is 14.2 Å². The Balaban J connectivity index is 1.71. The number of carbonyl (C=O) groups excluding carboxylic acids is 1. The molecule has 0 aliphatic carbocycles. The zero-order valence-electron chi connectivity index (χ0n) is 16.8. The number of para-hydroxylation sites is 1. The lowest BCUT2D eigenvalue weighted by Gasteiger charge is -2.27. The monoisotopic (exact) mass is 416 g/mol. The largest absolute Gasteiger partial charge is 0.496 e. The first kappa shape index (κ1) is 19.2. The smallest absolute Gasteiger partial charge is 0.342 e. The summed E-state index contributed by atoms with van der Waals surface area (Å²) in [7, 11) is 1.51. The molecule has 3 aromatic carbocycles. The number of rotatable bonds is 5. The minimum absolute atomic E-state index is 0.129. The maximum atomic E-state index is 13.1. The number of esters is 1. The van der Waals surface area contributed by atoms with Crippen LogP contribution in [-0.2, 0) is 21.7 Å². The Labute approximate surface area is 179 Å². The van der Waals surface area contributed by atoms with Crippen LogP contribution in [0.1, 0.15) is 16.7 Å². The molecule has 2 aliphatic heterocycles. The van der Waals surface area contributed by atoms with Gasteiger partial charge in [-0.05, 0) is 35.4 Å². The van der Waals surface area contributed by atoms with Gasteiger partial charge in [-0.2, -0.15) is 0 Å². The summed E-state index contributed by atoms with van der Waals surface area (Å²) < 4.78 is 22.0. The molecule has 0 saturated heterocycles. The zero-order valence-corrected chi connectivity index (χ0v) is 16.8. The van der Waals surface area contributed by atoms with E-state index >= 15 is 0 Å². The van der Waals surface area contributed by atoms with E-state index in [1.807, 2.05) is 30.3 Å². The molecule has 2 heterocycles. The number of ether oxygens (including phenoxy) is 4. The molecule has 1 atom stereocenters. The van der Waals surface area contributed by atoms with Crippen LogP contribution in [0.3, 0.4) is 0 Å². The summed E-state index contributed by atoms with van der Waals surface area (Å²) in [5, 5.41) is 11.8. The molecule has 156 valence electrons. The molecule has 0 amide bonds.